The summed E-state index contributed by atoms with van der Waals surface area (Å²) in [5, 5.41) is 2.18. The molecule has 0 fully saturated rings. The summed E-state index contributed by atoms with van der Waals surface area (Å²) in [4.78, 5) is 14.2. The summed E-state index contributed by atoms with van der Waals surface area (Å²) in [6, 6.07) is 25.6. The van der Waals surface area contributed by atoms with Gasteiger partial charge in [-0.05, 0) is 30.7 Å². The number of benzene rings is 3. The minimum atomic E-state index is -3.53. The number of fused-ring (bicyclic) bond motifs is 1. The van der Waals surface area contributed by atoms with Crippen LogP contribution in [0.2, 0.25) is 0 Å². The van der Waals surface area contributed by atoms with Crippen molar-refractivity contribution in [1.29, 1.82) is 0 Å². The summed E-state index contributed by atoms with van der Waals surface area (Å²) in [6.45, 7) is 11.5. The number of ether oxygens (including phenoxy) is 9. The first kappa shape index (κ1) is 44.0. The first-order chi connectivity index (χ1) is 27.1. The maximum absolute atomic E-state index is 15.2. The fourth-order valence-corrected chi connectivity index (χ4v) is 8.34. The molecular weight excluding hydrogens is 725 g/mol. The predicted octanol–water partition coefficient (Wildman–Crippen LogP) is 4.36. The third kappa shape index (κ3) is 14.7. The van der Waals surface area contributed by atoms with E-state index in [1.54, 1.807) is 17.7 Å². The van der Waals surface area contributed by atoms with Crippen molar-refractivity contribution in [2.45, 2.75) is 13.0 Å². The second-order valence-corrected chi connectivity index (χ2v) is 14.9. The van der Waals surface area contributed by atoms with E-state index in [1.165, 1.54) is 0 Å². The molecule has 0 N–H and O–H groups in total. The van der Waals surface area contributed by atoms with Gasteiger partial charge in [0.15, 0.2) is 7.14 Å². The number of hydrogen-bond acceptors (Lipinski definition) is 11. The highest BCUT2D eigenvalue weighted by Crippen LogP contribution is 2.41. The Kier molecular flexibility index (Phi) is 21.0. The van der Waals surface area contributed by atoms with Crippen LogP contribution in [-0.4, -0.2) is 117 Å². The summed E-state index contributed by atoms with van der Waals surface area (Å²) in [5.74, 6) is 0.640. The third-order valence-corrected chi connectivity index (χ3v) is 11.4. The lowest BCUT2D eigenvalue weighted by atomic mass is 10.2. The molecule has 4 aromatic rings. The molecule has 4 rings (SSSR count). The van der Waals surface area contributed by atoms with Crippen molar-refractivity contribution in [3.8, 4) is 5.75 Å². The topological polar surface area (TPSA) is 122 Å². The van der Waals surface area contributed by atoms with Crippen LogP contribution in [0, 0.1) is 0 Å². The zero-order valence-electron chi connectivity index (χ0n) is 32.0. The van der Waals surface area contributed by atoms with E-state index in [9.17, 15) is 4.79 Å². The second-order valence-electron chi connectivity index (χ2n) is 12.2. The van der Waals surface area contributed by atoms with Crippen LogP contribution in [0.4, 0.5) is 0 Å². The molecule has 0 amide bonds. The van der Waals surface area contributed by atoms with E-state index in [1.807, 2.05) is 84.9 Å². The molecule has 12 nitrogen and oxygen atoms in total. The van der Waals surface area contributed by atoms with Crippen LogP contribution in [0.5, 0.6) is 5.75 Å². The first-order valence-corrected chi connectivity index (χ1v) is 20.5. The highest BCUT2D eigenvalue weighted by atomic mass is 31.2. The lowest BCUT2D eigenvalue weighted by Gasteiger charge is -2.22. The zero-order chi connectivity index (χ0) is 38.8. The van der Waals surface area contributed by atoms with Gasteiger partial charge < -0.3 is 51.8 Å². The van der Waals surface area contributed by atoms with E-state index in [2.05, 4.69) is 6.58 Å². The molecule has 55 heavy (non-hydrogen) atoms. The molecule has 0 atom stereocenters. The van der Waals surface area contributed by atoms with E-state index in [0.29, 0.717) is 121 Å². The maximum atomic E-state index is 15.2. The molecular formula is C42H56NO11P. The zero-order valence-corrected chi connectivity index (χ0v) is 32.9. The number of methoxy groups -OCH3 is 1. The van der Waals surface area contributed by atoms with Gasteiger partial charge in [0.25, 0.3) is 5.56 Å². The lowest BCUT2D eigenvalue weighted by Crippen LogP contribution is -2.40. The van der Waals surface area contributed by atoms with E-state index in [4.69, 9.17) is 42.6 Å². The van der Waals surface area contributed by atoms with Crippen LogP contribution < -0.4 is 26.2 Å². The number of hydrogen-bond donors (Lipinski definition) is 0. The Balaban J connectivity index is 1.10. The minimum Gasteiger partial charge on any atom is -0.497 e. The Morgan fingerprint density at radius 1 is 0.564 bits per heavy atom. The molecule has 0 spiro atoms. The summed E-state index contributed by atoms with van der Waals surface area (Å²) < 4.78 is 66.7. The van der Waals surface area contributed by atoms with Crippen molar-refractivity contribution in [2.75, 3.05) is 113 Å². The van der Waals surface area contributed by atoms with Gasteiger partial charge in [-0.25, -0.2) is 0 Å². The van der Waals surface area contributed by atoms with Gasteiger partial charge in [-0.2, -0.15) is 0 Å². The summed E-state index contributed by atoms with van der Waals surface area (Å²) in [7, 11) is -1.93. The molecule has 3 aromatic carbocycles. The van der Waals surface area contributed by atoms with Crippen molar-refractivity contribution in [2.24, 2.45) is 0 Å². The molecule has 13 heteroatoms. The van der Waals surface area contributed by atoms with Gasteiger partial charge in [0, 0.05) is 22.5 Å². The minimum absolute atomic E-state index is 0.240. The highest BCUT2D eigenvalue weighted by Gasteiger charge is 2.33. The molecule has 1 heterocycles. The molecule has 0 saturated heterocycles. The number of nitrogens with zero attached hydrogens (tertiary/aromatic N) is 1. The first-order valence-electron chi connectivity index (χ1n) is 18.8. The highest BCUT2D eigenvalue weighted by molar-refractivity contribution is 7.85. The molecule has 0 radical (unpaired) electrons. The summed E-state index contributed by atoms with van der Waals surface area (Å²) >= 11 is 0. The van der Waals surface area contributed by atoms with Crippen LogP contribution in [0.25, 0.3) is 10.9 Å². The standard InChI is InChI=1S/C42H56NO11P/c1-3-4-18-47-20-22-49-24-26-51-28-30-53-32-33-54-31-29-52-27-25-50-23-21-48-19-17-43-40-16-15-37(46-2)34-36(40)35-41(42(43)44)55(45,38-11-7-5-8-12-38)39-13-9-6-10-14-39/h3,5-16,34-35H,1,4,17-33H2,2H3. The lowest BCUT2D eigenvalue weighted by molar-refractivity contribution is -0.0231. The normalized spacial score (nSPS) is 11.7. The Hall–Kier alpha value is -3.68. The molecule has 300 valence electrons. The molecule has 0 aliphatic carbocycles. The van der Waals surface area contributed by atoms with Crippen molar-refractivity contribution in [1.82, 2.24) is 4.57 Å². The average molecular weight is 782 g/mol. The van der Waals surface area contributed by atoms with Crippen LogP contribution in [-0.2, 0) is 49.0 Å². The smallest absolute Gasteiger partial charge is 0.262 e. The monoisotopic (exact) mass is 781 g/mol. The predicted molar refractivity (Wildman–Crippen MR) is 216 cm³/mol. The molecule has 0 bridgehead atoms. The Morgan fingerprint density at radius 3 is 1.40 bits per heavy atom. The number of rotatable bonds is 31. The summed E-state index contributed by atoms with van der Waals surface area (Å²) in [6.07, 6.45) is 2.67. The van der Waals surface area contributed by atoms with E-state index in [0.717, 1.165) is 11.8 Å². The number of pyridine rings is 1. The Bertz CT molecular complexity index is 1710. The molecule has 0 saturated carbocycles. The fourth-order valence-electron chi connectivity index (χ4n) is 5.59. The van der Waals surface area contributed by atoms with E-state index in [-0.39, 0.29) is 24.0 Å². The molecule has 0 aliphatic heterocycles. The third-order valence-electron chi connectivity index (χ3n) is 8.39. The van der Waals surface area contributed by atoms with Crippen molar-refractivity contribution < 1.29 is 47.2 Å². The Morgan fingerprint density at radius 2 is 0.982 bits per heavy atom. The van der Waals surface area contributed by atoms with Crippen LogP contribution in [0.15, 0.2) is 102 Å². The van der Waals surface area contributed by atoms with Crippen molar-refractivity contribution in [3.63, 3.8) is 0 Å². The van der Waals surface area contributed by atoms with Crippen LogP contribution in [0.3, 0.4) is 0 Å². The largest absolute Gasteiger partial charge is 0.497 e. The van der Waals surface area contributed by atoms with Gasteiger partial charge in [-0.3, -0.25) is 4.79 Å². The van der Waals surface area contributed by atoms with E-state index < -0.39 is 7.14 Å². The van der Waals surface area contributed by atoms with Gasteiger partial charge in [0.2, 0.25) is 0 Å². The summed E-state index contributed by atoms with van der Waals surface area (Å²) in [5.41, 5.74) is 0.387. The number of aromatic nitrogens is 1. The second kappa shape index (κ2) is 26.2. The van der Waals surface area contributed by atoms with Crippen LogP contribution >= 0.6 is 7.14 Å². The maximum Gasteiger partial charge on any atom is 0.262 e. The Labute approximate surface area is 324 Å². The van der Waals surface area contributed by atoms with Gasteiger partial charge in [-0.15, -0.1) is 6.58 Å². The van der Waals surface area contributed by atoms with Gasteiger partial charge in [-0.1, -0.05) is 66.7 Å². The molecule has 1 aromatic heterocycles. The van der Waals surface area contributed by atoms with Crippen molar-refractivity contribution >= 4 is 34.0 Å². The SMILES string of the molecule is C=CCCOCCOCCOCCOCCOCCOCCOCCOCCn1c(=O)c(P(=O)(c2ccccc2)c2ccccc2)cc2cc(OC)ccc21. The molecule has 0 unspecified atom stereocenters. The van der Waals surface area contributed by atoms with Gasteiger partial charge in [0.05, 0.1) is 124 Å². The average Bonchev–Trinajstić information content (AvgIpc) is 3.22. The van der Waals surface area contributed by atoms with Gasteiger partial charge in [0.1, 0.15) is 5.75 Å². The van der Waals surface area contributed by atoms with Crippen molar-refractivity contribution in [3.05, 3.63) is 108 Å². The quantitative estimate of drug-likeness (QED) is 0.0412. The van der Waals surface area contributed by atoms with Gasteiger partial charge >= 0.3 is 0 Å². The van der Waals surface area contributed by atoms with E-state index >= 15 is 4.57 Å². The van der Waals surface area contributed by atoms with Crippen LogP contribution in [0.1, 0.15) is 6.42 Å². The molecule has 0 aliphatic rings. The fraction of sp³-hybridized carbons (Fsp3) is 0.452.